The summed E-state index contributed by atoms with van der Waals surface area (Å²) in [5, 5.41) is 11.5. The second-order valence-electron chi connectivity index (χ2n) is 12.5. The molecule has 1 aliphatic carbocycles. The molecule has 0 radical (unpaired) electrons. The summed E-state index contributed by atoms with van der Waals surface area (Å²) in [5.41, 5.74) is 8.01. The molecule has 2 aromatic heterocycles. The van der Waals surface area contributed by atoms with Gasteiger partial charge in [-0.1, -0.05) is 43.3 Å². The maximum absolute atomic E-state index is 12.8. The number of Topliss-reactive ketones (excluding diaryl/α,β-unsaturated/α-hetero) is 1. The second-order valence-corrected chi connectivity index (χ2v) is 12.5. The smallest absolute Gasteiger partial charge is 0.413 e. The van der Waals surface area contributed by atoms with Gasteiger partial charge in [0.25, 0.3) is 5.91 Å². The molecule has 1 fully saturated rings. The average Bonchev–Trinajstić information content (AvgIpc) is 3.42. The van der Waals surface area contributed by atoms with E-state index in [0.29, 0.717) is 22.9 Å². The summed E-state index contributed by atoms with van der Waals surface area (Å²) in [6.07, 6.45) is 1.93. The predicted molar refractivity (Wildman–Crippen MR) is 151 cm³/mol. The van der Waals surface area contributed by atoms with Crippen LogP contribution in [0, 0.1) is 5.41 Å². The third-order valence-corrected chi connectivity index (χ3v) is 7.22. The molecular weight excluding hydrogens is 510 g/mol. The van der Waals surface area contributed by atoms with Crippen molar-refractivity contribution in [2.45, 2.75) is 91.7 Å². The Hall–Kier alpha value is -3.95. The number of aromatic nitrogens is 3. The first-order valence-electron chi connectivity index (χ1n) is 13.6. The molecule has 0 aliphatic heterocycles. The zero-order valence-electron chi connectivity index (χ0n) is 24.3. The number of carbonyl (C=O) groups is 3. The van der Waals surface area contributed by atoms with Gasteiger partial charge in [0.15, 0.2) is 0 Å². The van der Waals surface area contributed by atoms with Crippen molar-refractivity contribution in [2.24, 2.45) is 11.1 Å². The van der Waals surface area contributed by atoms with Crippen LogP contribution in [-0.4, -0.2) is 38.3 Å². The van der Waals surface area contributed by atoms with Crippen LogP contribution in [0.5, 0.6) is 0 Å². The Bertz CT molecular complexity index is 1410. The molecule has 40 heavy (non-hydrogen) atoms. The van der Waals surface area contributed by atoms with Gasteiger partial charge in [0.2, 0.25) is 0 Å². The van der Waals surface area contributed by atoms with Crippen LogP contribution in [0.3, 0.4) is 0 Å². The zero-order valence-corrected chi connectivity index (χ0v) is 24.3. The van der Waals surface area contributed by atoms with E-state index in [1.807, 2.05) is 32.0 Å². The number of nitrogens with one attached hydrogen (secondary N) is 1. The number of nitrogens with zero attached hydrogens (tertiary/aromatic N) is 3. The van der Waals surface area contributed by atoms with Gasteiger partial charge >= 0.3 is 6.09 Å². The van der Waals surface area contributed by atoms with Crippen molar-refractivity contribution in [1.29, 1.82) is 0 Å². The number of hydrogen-bond donors (Lipinski definition) is 2. The molecule has 0 spiro atoms. The lowest BCUT2D eigenvalue weighted by Crippen LogP contribution is -2.32. The summed E-state index contributed by atoms with van der Waals surface area (Å²) in [5.74, 6) is 0.396. The average molecular weight is 550 g/mol. The van der Waals surface area contributed by atoms with E-state index in [1.165, 1.54) is 4.68 Å². The molecule has 10 heteroatoms. The van der Waals surface area contributed by atoms with E-state index < -0.39 is 17.6 Å². The Morgan fingerprint density at radius 3 is 2.38 bits per heavy atom. The fourth-order valence-corrected chi connectivity index (χ4v) is 5.02. The number of primary amides is 1. The number of anilines is 1. The van der Waals surface area contributed by atoms with Crippen LogP contribution in [0.25, 0.3) is 11.3 Å². The van der Waals surface area contributed by atoms with E-state index >= 15 is 0 Å². The van der Waals surface area contributed by atoms with Crippen molar-refractivity contribution < 1.29 is 23.6 Å². The molecule has 4 rings (SSSR count). The molecule has 2 amide bonds. The van der Waals surface area contributed by atoms with Crippen molar-refractivity contribution in [3.63, 3.8) is 0 Å². The number of amides is 2. The van der Waals surface area contributed by atoms with Gasteiger partial charge in [0.1, 0.15) is 34.2 Å². The Morgan fingerprint density at radius 1 is 1.18 bits per heavy atom. The van der Waals surface area contributed by atoms with Gasteiger partial charge in [-0.3, -0.25) is 14.9 Å². The van der Waals surface area contributed by atoms with E-state index in [2.05, 4.69) is 29.4 Å². The first-order chi connectivity index (χ1) is 18.6. The highest BCUT2D eigenvalue weighted by Crippen LogP contribution is 2.51. The Kier molecular flexibility index (Phi) is 7.92. The highest BCUT2D eigenvalue weighted by atomic mass is 16.6. The molecule has 1 aliphatic rings. The Balaban J connectivity index is 1.50. The van der Waals surface area contributed by atoms with Crippen molar-refractivity contribution in [3.8, 4) is 11.3 Å². The van der Waals surface area contributed by atoms with Crippen LogP contribution in [-0.2, 0) is 22.4 Å². The summed E-state index contributed by atoms with van der Waals surface area (Å²) in [6.45, 7) is 13.4. The Morgan fingerprint density at radius 2 is 1.85 bits per heavy atom. The first kappa shape index (κ1) is 29.0. The van der Waals surface area contributed by atoms with Crippen LogP contribution in [0.4, 0.5) is 10.6 Å². The normalized spacial score (nSPS) is 16.4. The summed E-state index contributed by atoms with van der Waals surface area (Å²) >= 11 is 0. The van der Waals surface area contributed by atoms with Gasteiger partial charge in [-0.15, -0.1) is 0 Å². The lowest BCUT2D eigenvalue weighted by Gasteiger charge is -2.43. The van der Waals surface area contributed by atoms with Crippen LogP contribution >= 0.6 is 0 Å². The monoisotopic (exact) mass is 549 g/mol. The van der Waals surface area contributed by atoms with E-state index in [1.54, 1.807) is 32.9 Å². The zero-order chi connectivity index (χ0) is 29.4. The molecule has 0 saturated heterocycles. The lowest BCUT2D eigenvalue weighted by molar-refractivity contribution is -0.118. The third kappa shape index (κ3) is 6.43. The summed E-state index contributed by atoms with van der Waals surface area (Å²) in [4.78, 5) is 37.8. The standard InChI is InChI=1S/C30H39N5O5/c1-17(2)35-27(32-28(38)39-29(3,4)5)24(26(31)37)25(33-35)19-10-8-18(9-11-19)14-20(36)15-21-16-23(34-40-21)22-12-13-30(22,6)7/h8-11,16-17,22H,12-15H2,1-7H3,(H2,31,37)(H,32,38). The number of carbonyl (C=O) groups excluding carboxylic acids is 3. The minimum absolute atomic E-state index is 0.00840. The van der Waals surface area contributed by atoms with Gasteiger partial charge in [0, 0.05) is 30.0 Å². The second kappa shape index (κ2) is 10.9. The molecule has 1 saturated carbocycles. The number of nitrogens with two attached hydrogens (primary N) is 1. The number of hydrogen-bond acceptors (Lipinski definition) is 7. The first-order valence-corrected chi connectivity index (χ1v) is 13.6. The Labute approximate surface area is 234 Å². The lowest BCUT2D eigenvalue weighted by atomic mass is 9.61. The highest BCUT2D eigenvalue weighted by molar-refractivity contribution is 6.06. The molecule has 1 atom stereocenters. The molecule has 1 aromatic carbocycles. The largest absolute Gasteiger partial charge is 0.444 e. The quantitative estimate of drug-likeness (QED) is 0.342. The molecule has 214 valence electrons. The molecule has 10 nitrogen and oxygen atoms in total. The molecular formula is C30H39N5O5. The minimum Gasteiger partial charge on any atom is -0.444 e. The minimum atomic E-state index is -0.732. The van der Waals surface area contributed by atoms with E-state index in [-0.39, 0.29) is 41.5 Å². The van der Waals surface area contributed by atoms with Crippen molar-refractivity contribution >= 4 is 23.6 Å². The van der Waals surface area contributed by atoms with Crippen molar-refractivity contribution in [2.75, 3.05) is 5.32 Å². The molecule has 3 N–H and O–H groups in total. The fraction of sp³-hybridized carbons (Fsp3) is 0.500. The van der Waals surface area contributed by atoms with Gasteiger partial charge in [0.05, 0.1) is 12.1 Å². The van der Waals surface area contributed by atoms with Crippen molar-refractivity contribution in [1.82, 2.24) is 14.9 Å². The van der Waals surface area contributed by atoms with Crippen LogP contribution in [0.1, 0.15) is 101 Å². The molecule has 3 aromatic rings. The van der Waals surface area contributed by atoms with Gasteiger partial charge in [-0.2, -0.15) is 5.10 Å². The van der Waals surface area contributed by atoms with E-state index in [4.69, 9.17) is 15.0 Å². The number of benzene rings is 1. The van der Waals surface area contributed by atoms with Gasteiger partial charge < -0.3 is 15.0 Å². The van der Waals surface area contributed by atoms with Crippen molar-refractivity contribution in [3.05, 3.63) is 52.9 Å². The van der Waals surface area contributed by atoms with Crippen LogP contribution in [0.2, 0.25) is 0 Å². The highest BCUT2D eigenvalue weighted by Gasteiger charge is 2.41. The molecule has 0 bridgehead atoms. The molecule has 1 unspecified atom stereocenters. The van der Waals surface area contributed by atoms with Gasteiger partial charge in [-0.25, -0.2) is 9.48 Å². The number of rotatable bonds is 9. The van der Waals surface area contributed by atoms with Crippen LogP contribution < -0.4 is 11.1 Å². The number of ether oxygens (including phenoxy) is 1. The maximum atomic E-state index is 12.8. The maximum Gasteiger partial charge on any atom is 0.413 e. The van der Waals surface area contributed by atoms with E-state index in [9.17, 15) is 14.4 Å². The predicted octanol–water partition coefficient (Wildman–Crippen LogP) is 5.82. The number of ketones is 1. The SMILES string of the molecule is CC(C)n1nc(-c2ccc(CC(=O)Cc3cc(C4CCC4(C)C)no3)cc2)c(C(N)=O)c1NC(=O)OC(C)(C)C. The third-order valence-electron chi connectivity index (χ3n) is 7.22. The summed E-state index contributed by atoms with van der Waals surface area (Å²) in [7, 11) is 0. The fourth-order valence-electron chi connectivity index (χ4n) is 5.02. The topological polar surface area (TPSA) is 142 Å². The van der Waals surface area contributed by atoms with Crippen LogP contribution in [0.15, 0.2) is 34.9 Å². The van der Waals surface area contributed by atoms with Gasteiger partial charge in [-0.05, 0) is 58.4 Å². The summed E-state index contributed by atoms with van der Waals surface area (Å²) in [6, 6.07) is 8.92. The summed E-state index contributed by atoms with van der Waals surface area (Å²) < 4.78 is 12.4. The molecule has 2 heterocycles. The van der Waals surface area contributed by atoms with E-state index in [0.717, 1.165) is 24.1 Å².